The van der Waals surface area contributed by atoms with Gasteiger partial charge in [0.2, 0.25) is 4.96 Å². The van der Waals surface area contributed by atoms with Gasteiger partial charge < -0.3 is 18.6 Å². The van der Waals surface area contributed by atoms with E-state index in [0.29, 0.717) is 51.7 Å². The molecular formula is C32H29N3O5S. The van der Waals surface area contributed by atoms with Gasteiger partial charge in [0.05, 0.1) is 25.8 Å². The third kappa shape index (κ3) is 5.67. The van der Waals surface area contributed by atoms with Crippen LogP contribution in [0.2, 0.25) is 0 Å². The first-order valence-electron chi connectivity index (χ1n) is 13.4. The van der Waals surface area contributed by atoms with Crippen LogP contribution in [0.4, 0.5) is 0 Å². The number of benzene rings is 3. The van der Waals surface area contributed by atoms with Crippen molar-refractivity contribution in [2.45, 2.75) is 32.8 Å². The average Bonchev–Trinajstić information content (AvgIpc) is 3.70. The van der Waals surface area contributed by atoms with Crippen molar-refractivity contribution in [2.75, 3.05) is 14.2 Å². The number of hydrogen-bond acceptors (Lipinski definition) is 8. The van der Waals surface area contributed by atoms with E-state index in [1.54, 1.807) is 24.9 Å². The van der Waals surface area contributed by atoms with Crippen molar-refractivity contribution >= 4 is 33.1 Å². The second-order valence-corrected chi connectivity index (χ2v) is 10.6. The minimum Gasteiger partial charge on any atom is -0.496 e. The number of nitrogens with zero attached hydrogens (tertiary/aromatic N) is 3. The largest absolute Gasteiger partial charge is 0.496 e. The second-order valence-electron chi connectivity index (χ2n) is 9.73. The van der Waals surface area contributed by atoms with Gasteiger partial charge in [0.15, 0.2) is 11.5 Å². The first-order chi connectivity index (χ1) is 20.0. The molecule has 9 heteroatoms. The Kier molecular flexibility index (Phi) is 7.43. The minimum absolute atomic E-state index is 0.0966. The number of carbonyl (C=O) groups excluding carboxylic acids is 1. The Morgan fingerprint density at radius 1 is 0.976 bits per heavy atom. The molecule has 0 saturated heterocycles. The quantitative estimate of drug-likeness (QED) is 0.153. The molecule has 208 valence electrons. The predicted octanol–water partition coefficient (Wildman–Crippen LogP) is 7.18. The number of imidazole rings is 1. The van der Waals surface area contributed by atoms with E-state index >= 15 is 0 Å². The summed E-state index contributed by atoms with van der Waals surface area (Å²) in [6, 6.07) is 21.4. The maximum atomic E-state index is 12.9. The Morgan fingerprint density at radius 2 is 1.80 bits per heavy atom. The molecule has 3 aromatic carbocycles. The fourth-order valence-corrected chi connectivity index (χ4v) is 5.45. The van der Waals surface area contributed by atoms with Crippen molar-refractivity contribution in [1.29, 1.82) is 0 Å². The molecule has 0 amide bonds. The summed E-state index contributed by atoms with van der Waals surface area (Å²) in [4.78, 5) is 18.2. The zero-order valence-electron chi connectivity index (χ0n) is 23.0. The zero-order chi connectivity index (χ0) is 28.3. The second kappa shape index (κ2) is 11.5. The molecule has 3 aromatic heterocycles. The first-order valence-corrected chi connectivity index (χ1v) is 14.2. The third-order valence-corrected chi connectivity index (χ3v) is 7.71. The van der Waals surface area contributed by atoms with Crippen molar-refractivity contribution in [3.63, 3.8) is 0 Å². The number of methoxy groups -OCH3 is 2. The van der Waals surface area contributed by atoms with E-state index in [1.165, 1.54) is 16.9 Å². The van der Waals surface area contributed by atoms with E-state index in [0.717, 1.165) is 34.9 Å². The summed E-state index contributed by atoms with van der Waals surface area (Å²) < 4.78 is 24.8. The van der Waals surface area contributed by atoms with Gasteiger partial charge in [0.1, 0.15) is 29.4 Å². The number of aryl methyl sites for hydroxylation is 1. The maximum absolute atomic E-state index is 12.9. The van der Waals surface area contributed by atoms with Crippen molar-refractivity contribution in [1.82, 2.24) is 14.6 Å². The zero-order valence-corrected chi connectivity index (χ0v) is 23.9. The van der Waals surface area contributed by atoms with E-state index in [2.05, 4.69) is 17.0 Å². The fourth-order valence-electron chi connectivity index (χ4n) is 4.75. The molecule has 0 aliphatic rings. The molecule has 0 spiro atoms. The van der Waals surface area contributed by atoms with Crippen LogP contribution < -0.4 is 14.2 Å². The Bertz CT molecular complexity index is 1800. The Balaban J connectivity index is 1.20. The summed E-state index contributed by atoms with van der Waals surface area (Å²) in [6.45, 7) is 2.47. The molecule has 8 nitrogen and oxygen atoms in total. The lowest BCUT2D eigenvalue weighted by atomic mass is 10.00. The number of fused-ring (bicyclic) bond motifs is 2. The van der Waals surface area contributed by atoms with Gasteiger partial charge in [-0.15, -0.1) is 5.10 Å². The molecule has 0 aliphatic carbocycles. The molecular weight excluding hydrogens is 538 g/mol. The van der Waals surface area contributed by atoms with Gasteiger partial charge >= 0.3 is 0 Å². The Labute approximate surface area is 241 Å². The molecule has 0 atom stereocenters. The number of ether oxygens (including phenoxy) is 3. The van der Waals surface area contributed by atoms with Crippen LogP contribution in [0.5, 0.6) is 16.7 Å². The van der Waals surface area contributed by atoms with Crippen LogP contribution in [0, 0.1) is 0 Å². The number of furan rings is 1. The van der Waals surface area contributed by atoms with E-state index in [4.69, 9.17) is 18.6 Å². The number of hydrogen-bond donors (Lipinski definition) is 0. The summed E-state index contributed by atoms with van der Waals surface area (Å²) in [5, 5.41) is 5.68. The highest BCUT2D eigenvalue weighted by molar-refractivity contribution is 7.18. The molecule has 0 fully saturated rings. The van der Waals surface area contributed by atoms with Crippen LogP contribution in [-0.4, -0.2) is 34.6 Å². The predicted molar refractivity (Wildman–Crippen MR) is 158 cm³/mol. The smallest absolute Gasteiger partial charge is 0.294 e. The van der Waals surface area contributed by atoms with Gasteiger partial charge in [-0.3, -0.25) is 4.79 Å². The van der Waals surface area contributed by atoms with Crippen LogP contribution in [0.3, 0.4) is 0 Å². The number of Topliss-reactive ketones (excluding diaryl/α,β-unsaturated/α-hetero) is 1. The van der Waals surface area contributed by atoms with Crippen LogP contribution in [-0.2, 0) is 19.4 Å². The molecule has 41 heavy (non-hydrogen) atoms. The van der Waals surface area contributed by atoms with Gasteiger partial charge in [0.25, 0.3) is 5.19 Å². The van der Waals surface area contributed by atoms with E-state index in [1.807, 2.05) is 66.7 Å². The lowest BCUT2D eigenvalue weighted by molar-refractivity contribution is 0.0993. The number of carbonyl (C=O) groups is 1. The van der Waals surface area contributed by atoms with E-state index in [9.17, 15) is 4.79 Å². The standard InChI is InChI=1S/C32H29N3O5S/c1-4-6-20-9-11-23(12-10-20)27(36)14-21-7-5-8-22(13-21)19-39-28-15-24(37-2)16-29-25(28)17-30(40-29)26-18-35-31(33-26)41-32(34-35)38-3/h5,7-13,15-18H,4,6,14,19H2,1-3H3. The van der Waals surface area contributed by atoms with Crippen molar-refractivity contribution in [3.05, 3.63) is 95.2 Å². The number of aromatic nitrogens is 3. The monoisotopic (exact) mass is 567 g/mol. The van der Waals surface area contributed by atoms with Crippen LogP contribution >= 0.6 is 11.3 Å². The van der Waals surface area contributed by atoms with Gasteiger partial charge in [-0.1, -0.05) is 61.9 Å². The topological polar surface area (TPSA) is 88.1 Å². The first kappa shape index (κ1) is 26.6. The van der Waals surface area contributed by atoms with E-state index in [-0.39, 0.29) is 5.78 Å². The summed E-state index contributed by atoms with van der Waals surface area (Å²) in [5.74, 6) is 1.94. The molecule has 0 radical (unpaired) electrons. The summed E-state index contributed by atoms with van der Waals surface area (Å²) in [6.07, 6.45) is 4.24. The fraction of sp³-hybridized carbons (Fsp3) is 0.219. The van der Waals surface area contributed by atoms with Gasteiger partial charge in [-0.2, -0.15) is 0 Å². The van der Waals surface area contributed by atoms with Crippen LogP contribution in [0.15, 0.2) is 77.3 Å². The lowest BCUT2D eigenvalue weighted by Crippen LogP contribution is -2.05. The summed E-state index contributed by atoms with van der Waals surface area (Å²) in [7, 11) is 3.19. The van der Waals surface area contributed by atoms with Crippen molar-refractivity contribution in [3.8, 4) is 28.1 Å². The maximum Gasteiger partial charge on any atom is 0.294 e. The number of ketones is 1. The molecule has 0 saturated carbocycles. The normalized spacial score (nSPS) is 11.3. The highest BCUT2D eigenvalue weighted by Crippen LogP contribution is 2.37. The van der Waals surface area contributed by atoms with Crippen LogP contribution in [0.25, 0.3) is 27.4 Å². The van der Waals surface area contributed by atoms with Crippen molar-refractivity contribution in [2.24, 2.45) is 0 Å². The molecule has 6 rings (SSSR count). The Hall–Kier alpha value is -4.63. The lowest BCUT2D eigenvalue weighted by Gasteiger charge is -2.10. The highest BCUT2D eigenvalue weighted by atomic mass is 32.1. The van der Waals surface area contributed by atoms with Gasteiger partial charge in [-0.05, 0) is 40.5 Å². The minimum atomic E-state index is 0.0966. The van der Waals surface area contributed by atoms with Crippen molar-refractivity contribution < 1.29 is 23.4 Å². The van der Waals surface area contributed by atoms with Crippen LogP contribution in [0.1, 0.15) is 40.4 Å². The molecule has 3 heterocycles. The Morgan fingerprint density at radius 3 is 2.56 bits per heavy atom. The summed E-state index contributed by atoms with van der Waals surface area (Å²) in [5.41, 5.74) is 5.17. The molecule has 6 aromatic rings. The van der Waals surface area contributed by atoms with Gasteiger partial charge in [-0.25, -0.2) is 9.50 Å². The molecule has 0 unspecified atom stereocenters. The van der Waals surface area contributed by atoms with E-state index < -0.39 is 0 Å². The third-order valence-electron chi connectivity index (χ3n) is 6.83. The van der Waals surface area contributed by atoms with Gasteiger partial charge in [0, 0.05) is 24.1 Å². The molecule has 0 aliphatic heterocycles. The number of rotatable bonds is 11. The highest BCUT2D eigenvalue weighted by Gasteiger charge is 2.17. The molecule has 0 N–H and O–H groups in total. The molecule has 0 bridgehead atoms. The SMILES string of the molecule is CCCc1ccc(C(=O)Cc2cccc(COc3cc(OC)cc4oc(-c5cn6nc(OC)sc6n5)cc34)c2)cc1. The average molecular weight is 568 g/mol. The summed E-state index contributed by atoms with van der Waals surface area (Å²) >= 11 is 1.35.